The molecular formula is C33H29ClFN3O5. The van der Waals surface area contributed by atoms with E-state index in [0.29, 0.717) is 60.1 Å². The molecule has 0 spiro atoms. The van der Waals surface area contributed by atoms with Gasteiger partial charge in [0.25, 0.3) is 5.91 Å². The van der Waals surface area contributed by atoms with Crippen LogP contribution in [0.2, 0.25) is 5.02 Å². The number of nitrogens with one attached hydrogen (secondary N) is 1. The van der Waals surface area contributed by atoms with Crippen LogP contribution < -0.4 is 10.2 Å². The molecule has 220 valence electrons. The van der Waals surface area contributed by atoms with Crippen molar-refractivity contribution in [1.29, 1.82) is 0 Å². The number of hydrogen-bond donors (Lipinski definition) is 1. The van der Waals surface area contributed by atoms with Crippen molar-refractivity contribution in [3.05, 3.63) is 113 Å². The number of anilines is 2. The van der Waals surface area contributed by atoms with Crippen LogP contribution >= 0.6 is 11.6 Å². The summed E-state index contributed by atoms with van der Waals surface area (Å²) in [4.78, 5) is 42.2. The van der Waals surface area contributed by atoms with Crippen LogP contribution in [-0.4, -0.2) is 55.5 Å². The number of furan rings is 1. The molecular weight excluding hydrogens is 573 g/mol. The molecule has 5 rings (SSSR count). The van der Waals surface area contributed by atoms with E-state index in [-0.39, 0.29) is 17.5 Å². The Morgan fingerprint density at radius 2 is 1.72 bits per heavy atom. The minimum atomic E-state index is -0.525. The van der Waals surface area contributed by atoms with Gasteiger partial charge in [-0.25, -0.2) is 9.18 Å². The Bertz CT molecular complexity index is 1660. The lowest BCUT2D eigenvalue weighted by Crippen LogP contribution is -2.49. The van der Waals surface area contributed by atoms with Crippen LogP contribution in [0.3, 0.4) is 0 Å². The van der Waals surface area contributed by atoms with Crippen LogP contribution in [0, 0.1) is 5.82 Å². The average Bonchev–Trinajstić information content (AvgIpc) is 3.51. The molecule has 10 heteroatoms. The van der Waals surface area contributed by atoms with Gasteiger partial charge in [0.15, 0.2) is 0 Å². The summed E-state index contributed by atoms with van der Waals surface area (Å²) in [6, 6.07) is 21.8. The number of ether oxygens (including phenoxy) is 1. The number of rotatable bonds is 8. The van der Waals surface area contributed by atoms with E-state index in [2.05, 4.69) is 10.2 Å². The third kappa shape index (κ3) is 7.13. The van der Waals surface area contributed by atoms with Crippen molar-refractivity contribution in [3.8, 4) is 11.3 Å². The van der Waals surface area contributed by atoms with Gasteiger partial charge in [-0.05, 0) is 73.7 Å². The molecule has 0 saturated carbocycles. The van der Waals surface area contributed by atoms with Crippen molar-refractivity contribution in [2.45, 2.75) is 6.92 Å². The summed E-state index contributed by atoms with van der Waals surface area (Å²) >= 11 is 5.88. The first-order valence-electron chi connectivity index (χ1n) is 13.8. The van der Waals surface area contributed by atoms with Crippen molar-refractivity contribution in [1.82, 2.24) is 4.90 Å². The summed E-state index contributed by atoms with van der Waals surface area (Å²) < 4.78 is 24.4. The molecule has 0 radical (unpaired) electrons. The van der Waals surface area contributed by atoms with Gasteiger partial charge in [0.2, 0.25) is 5.91 Å². The highest BCUT2D eigenvalue weighted by molar-refractivity contribution is 6.31. The summed E-state index contributed by atoms with van der Waals surface area (Å²) in [6.45, 7) is 4.02. The van der Waals surface area contributed by atoms with Gasteiger partial charge in [-0.1, -0.05) is 29.8 Å². The standard InChI is InChI=1S/C33H29ClFN3O5/c1-2-42-33(41)24-9-13-29(37-16-18-38(19-17-37)32(40)22-6-4-3-5-7-22)28(21-24)36-31(39)15-11-25-10-14-30(43-25)23-8-12-27(35)26(34)20-23/h3-15,20-21H,2,16-19H2,1H3,(H,36,39)/b15-11+. The molecule has 1 saturated heterocycles. The van der Waals surface area contributed by atoms with E-state index < -0.39 is 17.7 Å². The van der Waals surface area contributed by atoms with Gasteiger partial charge in [0.05, 0.1) is 28.6 Å². The highest BCUT2D eigenvalue weighted by atomic mass is 35.5. The van der Waals surface area contributed by atoms with Gasteiger partial charge in [-0.2, -0.15) is 0 Å². The van der Waals surface area contributed by atoms with Crippen LogP contribution in [-0.2, 0) is 9.53 Å². The van der Waals surface area contributed by atoms with Gasteiger partial charge in [0.1, 0.15) is 17.3 Å². The van der Waals surface area contributed by atoms with Crippen LogP contribution in [0.25, 0.3) is 17.4 Å². The minimum absolute atomic E-state index is 0.0181. The Hall–Kier alpha value is -4.89. The third-order valence-corrected chi connectivity index (χ3v) is 7.21. The number of amides is 2. The quantitative estimate of drug-likeness (QED) is 0.182. The largest absolute Gasteiger partial charge is 0.462 e. The molecule has 0 atom stereocenters. The van der Waals surface area contributed by atoms with Crippen molar-refractivity contribution in [3.63, 3.8) is 0 Å². The lowest BCUT2D eigenvalue weighted by Gasteiger charge is -2.37. The van der Waals surface area contributed by atoms with Gasteiger partial charge in [0, 0.05) is 43.4 Å². The van der Waals surface area contributed by atoms with E-state index in [0.717, 1.165) is 5.69 Å². The number of halogens is 2. The molecule has 0 unspecified atom stereocenters. The Morgan fingerprint density at radius 1 is 0.953 bits per heavy atom. The molecule has 2 amide bonds. The summed E-state index contributed by atoms with van der Waals surface area (Å²) in [5, 5.41) is 2.85. The maximum absolute atomic E-state index is 13.5. The smallest absolute Gasteiger partial charge is 0.338 e. The topological polar surface area (TPSA) is 92.1 Å². The fourth-order valence-electron chi connectivity index (χ4n) is 4.75. The van der Waals surface area contributed by atoms with Crippen LogP contribution in [0.5, 0.6) is 0 Å². The number of carbonyl (C=O) groups excluding carboxylic acids is 3. The second-order valence-corrected chi connectivity index (χ2v) is 10.2. The molecule has 1 aliphatic heterocycles. The molecule has 3 aromatic carbocycles. The molecule has 0 aliphatic carbocycles. The Balaban J connectivity index is 1.30. The zero-order valence-corrected chi connectivity index (χ0v) is 24.1. The van der Waals surface area contributed by atoms with Gasteiger partial charge in [-0.3, -0.25) is 9.59 Å². The van der Waals surface area contributed by atoms with E-state index >= 15 is 0 Å². The van der Waals surface area contributed by atoms with E-state index in [1.807, 2.05) is 18.2 Å². The Labute approximate surface area is 253 Å². The number of piperazine rings is 1. The highest BCUT2D eigenvalue weighted by Crippen LogP contribution is 2.30. The van der Waals surface area contributed by atoms with Crippen LogP contribution in [0.15, 0.2) is 89.4 Å². The normalized spacial score (nSPS) is 13.3. The van der Waals surface area contributed by atoms with Crippen molar-refractivity contribution < 1.29 is 27.9 Å². The molecule has 8 nitrogen and oxygen atoms in total. The predicted octanol–water partition coefficient (Wildman–Crippen LogP) is 6.53. The molecule has 1 aromatic heterocycles. The number of esters is 1. The van der Waals surface area contributed by atoms with Gasteiger partial charge >= 0.3 is 5.97 Å². The van der Waals surface area contributed by atoms with E-state index in [1.165, 1.54) is 24.3 Å². The van der Waals surface area contributed by atoms with Gasteiger partial charge in [-0.15, -0.1) is 0 Å². The summed E-state index contributed by atoms with van der Waals surface area (Å²) in [5.74, 6) is -0.616. The monoisotopic (exact) mass is 601 g/mol. The second-order valence-electron chi connectivity index (χ2n) is 9.75. The number of hydrogen-bond acceptors (Lipinski definition) is 6. The number of nitrogens with zero attached hydrogens (tertiary/aromatic N) is 2. The van der Waals surface area contributed by atoms with Crippen molar-refractivity contribution >= 4 is 46.8 Å². The lowest BCUT2D eigenvalue weighted by molar-refractivity contribution is -0.111. The van der Waals surface area contributed by atoms with Crippen LogP contribution in [0.4, 0.5) is 15.8 Å². The molecule has 1 fully saturated rings. The molecule has 1 aliphatic rings. The second kappa shape index (κ2) is 13.4. The molecule has 4 aromatic rings. The number of benzene rings is 3. The lowest BCUT2D eigenvalue weighted by atomic mass is 10.1. The predicted molar refractivity (Wildman–Crippen MR) is 164 cm³/mol. The third-order valence-electron chi connectivity index (χ3n) is 6.92. The summed E-state index contributed by atoms with van der Waals surface area (Å²) in [7, 11) is 0. The summed E-state index contributed by atoms with van der Waals surface area (Å²) in [6.07, 6.45) is 2.82. The highest BCUT2D eigenvalue weighted by Gasteiger charge is 2.24. The maximum atomic E-state index is 13.5. The van der Waals surface area contributed by atoms with E-state index in [1.54, 1.807) is 60.4 Å². The zero-order chi connectivity index (χ0) is 30.3. The Morgan fingerprint density at radius 3 is 2.44 bits per heavy atom. The van der Waals surface area contributed by atoms with E-state index in [4.69, 9.17) is 20.8 Å². The van der Waals surface area contributed by atoms with E-state index in [9.17, 15) is 18.8 Å². The minimum Gasteiger partial charge on any atom is -0.462 e. The molecule has 1 N–H and O–H groups in total. The Kier molecular flexibility index (Phi) is 9.22. The first kappa shape index (κ1) is 29.6. The fourth-order valence-corrected chi connectivity index (χ4v) is 4.93. The fraction of sp³-hybridized carbons (Fsp3) is 0.182. The van der Waals surface area contributed by atoms with Crippen molar-refractivity contribution in [2.24, 2.45) is 0 Å². The molecule has 43 heavy (non-hydrogen) atoms. The van der Waals surface area contributed by atoms with Crippen molar-refractivity contribution in [2.75, 3.05) is 43.0 Å². The maximum Gasteiger partial charge on any atom is 0.338 e. The SMILES string of the molecule is CCOC(=O)c1ccc(N2CCN(C(=O)c3ccccc3)CC2)c(NC(=O)/C=C/c2ccc(-c3ccc(F)c(Cl)c3)o2)c1. The number of carbonyl (C=O) groups is 3. The zero-order valence-electron chi connectivity index (χ0n) is 23.4. The first-order chi connectivity index (χ1) is 20.8. The average molecular weight is 602 g/mol. The molecule has 2 heterocycles. The summed E-state index contributed by atoms with van der Waals surface area (Å²) in [5.41, 5.74) is 2.69. The first-order valence-corrected chi connectivity index (χ1v) is 14.1. The van der Waals surface area contributed by atoms with Gasteiger partial charge < -0.3 is 24.3 Å². The van der Waals surface area contributed by atoms with Crippen LogP contribution in [0.1, 0.15) is 33.4 Å². The molecule has 0 bridgehead atoms.